The van der Waals surface area contributed by atoms with Gasteiger partial charge in [0.25, 0.3) is 0 Å². The van der Waals surface area contributed by atoms with Crippen molar-refractivity contribution in [3.05, 3.63) is 0 Å². The Morgan fingerprint density at radius 3 is 0.718 bits per heavy atom. The molecule has 0 aliphatic rings. The molecule has 0 aromatic heterocycles. The van der Waals surface area contributed by atoms with Crippen LogP contribution in [0.15, 0.2) is 0 Å². The second-order valence-electron chi connectivity index (χ2n) is 13.2. The molecule has 11 heteroatoms. The molecule has 0 amide bonds. The maximum atomic E-state index is 11.4. The Labute approximate surface area is 249 Å². The zero-order chi connectivity index (χ0) is 32.0. The first-order chi connectivity index (χ1) is 16.4. The van der Waals surface area contributed by atoms with E-state index >= 15 is 0 Å². The van der Waals surface area contributed by atoms with E-state index in [0.29, 0.717) is 0 Å². The van der Waals surface area contributed by atoms with Gasteiger partial charge in [0.2, 0.25) is 11.6 Å². The molecule has 10 nitrogen and oxygen atoms in total. The van der Waals surface area contributed by atoms with Gasteiger partial charge < -0.3 is 19.7 Å². The van der Waals surface area contributed by atoms with Gasteiger partial charge in [0.05, 0.1) is 10.8 Å². The fraction of sp³-hybridized carbons (Fsp3) is 0.786. The molecule has 0 rings (SSSR count). The smallest absolute Gasteiger partial charge is 0.382 e. The van der Waals surface area contributed by atoms with Crippen molar-refractivity contribution in [2.75, 3.05) is 0 Å². The van der Waals surface area contributed by atoms with Gasteiger partial charge in [-0.05, 0) is 69.2 Å². The first kappa shape index (κ1) is 47.1. The number of esters is 4. The number of ether oxygens (including phenoxy) is 2. The van der Waals surface area contributed by atoms with E-state index in [4.69, 9.17) is 10.2 Å². The number of aliphatic hydroxyl groups is 2. The topological polar surface area (TPSA) is 161 Å². The standard InChI is InChI=1S/2C11H18O4.2C3H8O.Ti/c2*1-10(2,3)7(12)8(13)15-9(14)11(4,5)6;2*1-3(2)4;/h2*1-6H3;2*3-4H,1-2H3;. The molecular formula is C28H52O10Ti. The van der Waals surface area contributed by atoms with E-state index in [1.54, 1.807) is 111 Å². The quantitative estimate of drug-likeness (QED) is 0.204. The summed E-state index contributed by atoms with van der Waals surface area (Å²) in [6.07, 6.45) is -0.333. The third-order valence-electron chi connectivity index (χ3n) is 3.33. The largest absolute Gasteiger partial charge is 0.394 e. The molecular weight excluding hydrogens is 544 g/mol. The van der Waals surface area contributed by atoms with Crippen molar-refractivity contribution >= 4 is 35.4 Å². The molecule has 0 bridgehead atoms. The first-order valence-electron chi connectivity index (χ1n) is 12.4. The average Bonchev–Trinajstić information content (AvgIpc) is 2.63. The van der Waals surface area contributed by atoms with Crippen molar-refractivity contribution in [3.63, 3.8) is 0 Å². The SMILES string of the molecule is CC(C)(C)C(=O)OC(=O)C(=O)C(C)(C)C.CC(C)(C)C(=O)OC(=O)C(=O)C(C)(C)C.CC(C)O.CC(C)O.[Ti]. The maximum Gasteiger partial charge on any atom is 0.382 e. The summed E-state index contributed by atoms with van der Waals surface area (Å²) in [4.78, 5) is 67.9. The van der Waals surface area contributed by atoms with Gasteiger partial charge >= 0.3 is 23.9 Å². The minimum atomic E-state index is -1.08. The fourth-order valence-corrected chi connectivity index (χ4v) is 1.18. The fourth-order valence-electron chi connectivity index (χ4n) is 1.18. The minimum absolute atomic E-state index is 0. The molecule has 0 aliphatic heterocycles. The van der Waals surface area contributed by atoms with E-state index in [9.17, 15) is 28.8 Å². The molecule has 0 saturated carbocycles. The van der Waals surface area contributed by atoms with Crippen LogP contribution < -0.4 is 0 Å². The Bertz CT molecular complexity index is 727. The Hall–Kier alpha value is -1.75. The summed E-state index contributed by atoms with van der Waals surface area (Å²) in [5.41, 5.74) is -3.22. The Kier molecular flexibility index (Phi) is 23.4. The average molecular weight is 597 g/mol. The van der Waals surface area contributed by atoms with Gasteiger partial charge in [0, 0.05) is 44.8 Å². The molecule has 0 aliphatic carbocycles. The Morgan fingerprint density at radius 2 is 0.615 bits per heavy atom. The van der Waals surface area contributed by atoms with E-state index in [1.807, 2.05) is 0 Å². The van der Waals surface area contributed by atoms with Crippen LogP contribution in [0.25, 0.3) is 0 Å². The van der Waals surface area contributed by atoms with Crippen molar-refractivity contribution in [1.29, 1.82) is 0 Å². The molecule has 0 spiro atoms. The molecule has 0 saturated heterocycles. The summed E-state index contributed by atoms with van der Waals surface area (Å²) in [7, 11) is 0. The van der Waals surface area contributed by atoms with Crippen LogP contribution in [0.2, 0.25) is 0 Å². The molecule has 0 atom stereocenters. The van der Waals surface area contributed by atoms with Gasteiger partial charge in [-0.3, -0.25) is 19.2 Å². The molecule has 0 radical (unpaired) electrons. The van der Waals surface area contributed by atoms with E-state index < -0.39 is 57.1 Å². The molecule has 39 heavy (non-hydrogen) atoms. The predicted octanol–water partition coefficient (Wildman–Crippen LogP) is 4.21. The molecule has 228 valence electrons. The normalized spacial score (nSPS) is 11.2. The third-order valence-corrected chi connectivity index (χ3v) is 3.33. The predicted molar refractivity (Wildman–Crippen MR) is 145 cm³/mol. The molecule has 0 heterocycles. The number of aliphatic hydroxyl groups excluding tert-OH is 2. The van der Waals surface area contributed by atoms with Gasteiger partial charge in [0.1, 0.15) is 0 Å². The van der Waals surface area contributed by atoms with E-state index in [1.165, 1.54) is 0 Å². The van der Waals surface area contributed by atoms with Crippen LogP contribution in [0, 0.1) is 21.7 Å². The molecule has 0 fully saturated rings. The summed E-state index contributed by atoms with van der Waals surface area (Å²) in [6.45, 7) is 26.2. The van der Waals surface area contributed by atoms with Gasteiger partial charge in [-0.1, -0.05) is 41.5 Å². The van der Waals surface area contributed by atoms with E-state index in [-0.39, 0.29) is 33.9 Å². The van der Waals surface area contributed by atoms with E-state index in [2.05, 4.69) is 9.47 Å². The van der Waals surface area contributed by atoms with Crippen LogP contribution in [0.3, 0.4) is 0 Å². The number of carbonyl (C=O) groups excluding carboxylic acids is 6. The van der Waals surface area contributed by atoms with Crippen molar-refractivity contribution in [3.8, 4) is 0 Å². The monoisotopic (exact) mass is 596 g/mol. The van der Waals surface area contributed by atoms with Crippen molar-refractivity contribution in [2.24, 2.45) is 21.7 Å². The summed E-state index contributed by atoms with van der Waals surface area (Å²) >= 11 is 0. The van der Waals surface area contributed by atoms with Gasteiger partial charge in [-0.15, -0.1) is 0 Å². The minimum Gasteiger partial charge on any atom is -0.394 e. The van der Waals surface area contributed by atoms with Gasteiger partial charge in [-0.25, -0.2) is 9.59 Å². The zero-order valence-corrected chi connectivity index (χ0v) is 28.4. The molecule has 0 aromatic carbocycles. The number of hydrogen-bond donors (Lipinski definition) is 2. The molecule has 2 N–H and O–H groups in total. The Morgan fingerprint density at radius 1 is 0.462 bits per heavy atom. The van der Waals surface area contributed by atoms with Crippen LogP contribution in [0.4, 0.5) is 0 Å². The number of ketones is 2. The van der Waals surface area contributed by atoms with Crippen molar-refractivity contribution < 1.29 is 70.2 Å². The molecule has 0 unspecified atom stereocenters. The second kappa shape index (κ2) is 19.4. The van der Waals surface area contributed by atoms with Crippen molar-refractivity contribution in [2.45, 2.75) is 123 Å². The number of carbonyl (C=O) groups is 6. The summed E-state index contributed by atoms with van der Waals surface area (Å²) in [6, 6.07) is 0. The van der Waals surface area contributed by atoms with E-state index in [0.717, 1.165) is 0 Å². The second-order valence-corrected chi connectivity index (χ2v) is 13.2. The summed E-state index contributed by atoms with van der Waals surface area (Å²) < 4.78 is 8.95. The number of hydrogen-bond acceptors (Lipinski definition) is 10. The number of Topliss-reactive ketones (excluding diaryl/α,β-unsaturated/α-hetero) is 2. The Balaban J connectivity index is -0.000000152. The van der Waals surface area contributed by atoms with Crippen LogP contribution in [0.5, 0.6) is 0 Å². The van der Waals surface area contributed by atoms with Gasteiger partial charge in [0.15, 0.2) is 0 Å². The van der Waals surface area contributed by atoms with Crippen LogP contribution in [0.1, 0.15) is 111 Å². The summed E-state index contributed by atoms with van der Waals surface area (Å²) in [5.74, 6) is -4.93. The zero-order valence-electron chi connectivity index (χ0n) is 26.8. The van der Waals surface area contributed by atoms with Gasteiger partial charge in [-0.2, -0.15) is 0 Å². The summed E-state index contributed by atoms with van der Waals surface area (Å²) in [5, 5.41) is 16.1. The van der Waals surface area contributed by atoms with Crippen LogP contribution >= 0.6 is 0 Å². The third kappa shape index (κ3) is 29.1. The van der Waals surface area contributed by atoms with Crippen LogP contribution in [-0.2, 0) is 60.0 Å². The number of rotatable bonds is 2. The first-order valence-corrected chi connectivity index (χ1v) is 12.4. The van der Waals surface area contributed by atoms with Crippen LogP contribution in [-0.4, -0.2) is 57.9 Å². The van der Waals surface area contributed by atoms with Crippen molar-refractivity contribution in [1.82, 2.24) is 0 Å². The maximum absolute atomic E-state index is 11.4. The molecule has 0 aromatic rings.